The Hall–Kier alpha value is -0.260. The monoisotopic (exact) mass is 539 g/mol. The highest BCUT2D eigenvalue weighted by Gasteiger charge is 2.79. The molecule has 4 rings (SSSR count). The molecule has 0 spiro atoms. The topological polar surface area (TPSA) is 0 Å². The molecule has 4 aliphatic rings. The minimum absolute atomic E-state index is 0.351. The average molecular weight is 539 g/mol. The third kappa shape index (κ3) is 3.86. The van der Waals surface area contributed by atoms with Crippen molar-refractivity contribution in [1.29, 1.82) is 0 Å². The van der Waals surface area contributed by atoms with Crippen LogP contribution in [0.25, 0.3) is 0 Å². The summed E-state index contributed by atoms with van der Waals surface area (Å²) < 4.78 is 0. The van der Waals surface area contributed by atoms with Crippen LogP contribution in [0.3, 0.4) is 0 Å². The molecule has 0 saturated heterocycles. The minimum Gasteiger partial charge on any atom is -0.100 e. The highest BCUT2D eigenvalue weighted by Crippen LogP contribution is 2.86. The van der Waals surface area contributed by atoms with Crippen molar-refractivity contribution in [3.05, 3.63) is 12.2 Å². The van der Waals surface area contributed by atoms with Crippen molar-refractivity contribution in [3.63, 3.8) is 0 Å². The molecule has 0 nitrogen and oxygen atoms in total. The quantitative estimate of drug-likeness (QED) is 0.283. The maximum atomic E-state index is 4.30. The largest absolute Gasteiger partial charge is 0.100 e. The summed E-state index contributed by atoms with van der Waals surface area (Å²) in [5.74, 6) is 1.59. The van der Waals surface area contributed by atoms with Crippen LogP contribution in [0, 0.1) is 60.6 Å². The first-order valence-corrected chi connectivity index (χ1v) is 17.2. The van der Waals surface area contributed by atoms with Crippen LogP contribution in [-0.2, 0) is 0 Å². The molecule has 0 N–H and O–H groups in total. The maximum Gasteiger partial charge on any atom is -0.0207 e. The van der Waals surface area contributed by atoms with Crippen molar-refractivity contribution in [2.75, 3.05) is 0 Å². The van der Waals surface area contributed by atoms with E-state index in [0.29, 0.717) is 48.7 Å². The molecule has 0 aromatic heterocycles. The summed E-state index contributed by atoms with van der Waals surface area (Å²) in [4.78, 5) is 0. The van der Waals surface area contributed by atoms with Crippen LogP contribution in [0.4, 0.5) is 0 Å². The molecule has 39 heavy (non-hydrogen) atoms. The lowest BCUT2D eigenvalue weighted by Gasteiger charge is -2.78. The Morgan fingerprint density at radius 3 is 1.74 bits per heavy atom. The van der Waals surface area contributed by atoms with E-state index < -0.39 is 0 Å². The first-order chi connectivity index (χ1) is 17.5. The molecule has 4 saturated carbocycles. The normalized spacial score (nSPS) is 48.4. The fourth-order valence-corrected chi connectivity index (χ4v) is 12.5. The Labute approximate surface area is 246 Å². The predicted molar refractivity (Wildman–Crippen MR) is 173 cm³/mol. The van der Waals surface area contributed by atoms with Gasteiger partial charge in [0.05, 0.1) is 0 Å². The van der Waals surface area contributed by atoms with E-state index in [4.69, 9.17) is 0 Å². The summed E-state index contributed by atoms with van der Waals surface area (Å²) in [6.07, 6.45) is 16.7. The van der Waals surface area contributed by atoms with E-state index in [2.05, 4.69) is 104 Å². The second-order valence-electron chi connectivity index (χ2n) is 19.4. The van der Waals surface area contributed by atoms with E-state index in [0.717, 1.165) is 11.8 Å². The third-order valence-corrected chi connectivity index (χ3v) is 17.7. The van der Waals surface area contributed by atoms with Crippen molar-refractivity contribution in [3.8, 4) is 0 Å². The highest BCUT2D eigenvalue weighted by molar-refractivity contribution is 5.27. The second-order valence-corrected chi connectivity index (χ2v) is 19.4. The lowest BCUT2D eigenvalue weighted by atomic mass is 9.26. The summed E-state index contributed by atoms with van der Waals surface area (Å²) in [6, 6.07) is 0. The number of hydrogen-bond donors (Lipinski definition) is 0. The van der Waals surface area contributed by atoms with Gasteiger partial charge < -0.3 is 0 Å². The summed E-state index contributed by atoms with van der Waals surface area (Å²) in [5, 5.41) is 0. The first-order valence-electron chi connectivity index (χ1n) is 17.2. The molecule has 0 amide bonds. The highest BCUT2D eigenvalue weighted by atomic mass is 14.8. The molecule has 226 valence electrons. The molecule has 0 heterocycles. The lowest BCUT2D eigenvalue weighted by Crippen LogP contribution is -2.71. The molecule has 0 radical (unpaired) electrons. The zero-order valence-corrected chi connectivity index (χ0v) is 29.3. The number of hydrogen-bond acceptors (Lipinski definition) is 0. The van der Waals surface area contributed by atoms with Crippen molar-refractivity contribution in [2.45, 2.75) is 174 Å². The van der Waals surface area contributed by atoms with Gasteiger partial charge in [0.15, 0.2) is 0 Å². The van der Waals surface area contributed by atoms with Gasteiger partial charge in [-0.3, -0.25) is 0 Å². The molecule has 0 aromatic rings. The summed E-state index contributed by atoms with van der Waals surface area (Å²) in [5.41, 5.74) is 5.02. The van der Waals surface area contributed by atoms with Crippen LogP contribution >= 0.6 is 0 Å². The van der Waals surface area contributed by atoms with Crippen LogP contribution in [-0.4, -0.2) is 0 Å². The second kappa shape index (κ2) is 9.12. The van der Waals surface area contributed by atoms with Gasteiger partial charge in [0, 0.05) is 0 Å². The molecule has 4 fully saturated rings. The Kier molecular flexibility index (Phi) is 7.41. The molecule has 0 aromatic carbocycles. The van der Waals surface area contributed by atoms with E-state index in [9.17, 15) is 0 Å². The molecule has 8 atom stereocenters. The molecule has 0 bridgehead atoms. The molecular formula is C39H70. The van der Waals surface area contributed by atoms with E-state index >= 15 is 0 Å². The Balaban J connectivity index is 1.71. The Bertz CT molecular complexity index is 967. The van der Waals surface area contributed by atoms with Crippen molar-refractivity contribution in [2.24, 2.45) is 60.6 Å². The Morgan fingerprint density at radius 1 is 0.692 bits per heavy atom. The van der Waals surface area contributed by atoms with Gasteiger partial charge in [0.2, 0.25) is 0 Å². The molecular weight excluding hydrogens is 468 g/mol. The van der Waals surface area contributed by atoms with Gasteiger partial charge in [0.25, 0.3) is 0 Å². The summed E-state index contributed by atoms with van der Waals surface area (Å²) in [7, 11) is 0. The van der Waals surface area contributed by atoms with Crippen LogP contribution in [0.1, 0.15) is 174 Å². The smallest absolute Gasteiger partial charge is 0.0207 e. The average Bonchev–Trinajstić information content (AvgIpc) is 3.05. The van der Waals surface area contributed by atoms with Crippen molar-refractivity contribution >= 4 is 0 Å². The fraction of sp³-hybridized carbons (Fsp3) is 0.949. The SMILES string of the molecule is C=C(C)C[C@H]1CC[C@@]2(C)[C@@](C)(CC[C@]3(C)[C@]2(C)CC[C@@]2(C)[C@@]3(C)CC[C@]2(C)C(C)(C)CCC(C)(C)C(C)C)C1. The molecule has 0 aliphatic heterocycles. The van der Waals surface area contributed by atoms with E-state index in [1.807, 2.05) is 0 Å². The van der Waals surface area contributed by atoms with Gasteiger partial charge in [-0.15, -0.1) is 6.58 Å². The van der Waals surface area contributed by atoms with Gasteiger partial charge in [-0.1, -0.05) is 95.6 Å². The molecule has 0 heteroatoms. The summed E-state index contributed by atoms with van der Waals surface area (Å²) >= 11 is 0. The number of rotatable bonds is 7. The van der Waals surface area contributed by atoms with Crippen molar-refractivity contribution in [1.82, 2.24) is 0 Å². The zero-order chi connectivity index (χ0) is 29.7. The third-order valence-electron chi connectivity index (χ3n) is 17.7. The zero-order valence-electron chi connectivity index (χ0n) is 29.3. The van der Waals surface area contributed by atoms with E-state index in [1.165, 1.54) is 82.6 Å². The maximum absolute atomic E-state index is 4.30. The minimum atomic E-state index is 0.351. The van der Waals surface area contributed by atoms with E-state index in [1.54, 1.807) is 0 Å². The Morgan fingerprint density at radius 2 is 1.18 bits per heavy atom. The van der Waals surface area contributed by atoms with Crippen LogP contribution < -0.4 is 0 Å². The predicted octanol–water partition coefficient (Wildman–Crippen LogP) is 12.7. The van der Waals surface area contributed by atoms with Crippen molar-refractivity contribution < 1.29 is 0 Å². The standard InChI is InChI=1S/C39H70/c1-28(2)26-30-16-17-35(11)33(9,27-30)20-21-38(14)37(35,13)25-24-36(12)34(10,22-23-39(36,38)15)32(7,8)19-18-31(5,6)29(3)4/h29-30H,1,16-27H2,2-15H3/t30-,33+,34-,35+,36-,37-,38-,39-/m1/s1. The van der Waals surface area contributed by atoms with Gasteiger partial charge in [-0.2, -0.15) is 0 Å². The van der Waals surface area contributed by atoms with Crippen LogP contribution in [0.15, 0.2) is 12.2 Å². The number of fused-ring (bicyclic) bond motifs is 5. The van der Waals surface area contributed by atoms with Gasteiger partial charge >= 0.3 is 0 Å². The number of allylic oxidation sites excluding steroid dienone is 1. The van der Waals surface area contributed by atoms with Crippen LogP contribution in [0.5, 0.6) is 0 Å². The van der Waals surface area contributed by atoms with Gasteiger partial charge in [-0.05, 0) is 145 Å². The van der Waals surface area contributed by atoms with E-state index in [-0.39, 0.29) is 0 Å². The van der Waals surface area contributed by atoms with Crippen LogP contribution in [0.2, 0.25) is 0 Å². The lowest BCUT2D eigenvalue weighted by molar-refractivity contribution is -0.298. The molecule has 4 aliphatic carbocycles. The summed E-state index contributed by atoms with van der Waals surface area (Å²) in [6.45, 7) is 41.2. The van der Waals surface area contributed by atoms with Gasteiger partial charge in [-0.25, -0.2) is 0 Å². The fourth-order valence-electron chi connectivity index (χ4n) is 12.5. The first kappa shape index (κ1) is 31.7. The van der Waals surface area contributed by atoms with Gasteiger partial charge in [0.1, 0.15) is 0 Å². The molecule has 0 unspecified atom stereocenters.